The van der Waals surface area contributed by atoms with Crippen LogP contribution in [0.5, 0.6) is 11.5 Å². The number of likely N-dealkylation sites (tertiary alicyclic amines) is 1. The lowest BCUT2D eigenvalue weighted by Gasteiger charge is -2.21. The third-order valence-electron chi connectivity index (χ3n) is 3.99. The number of para-hydroxylation sites is 1. The summed E-state index contributed by atoms with van der Waals surface area (Å²) in [4.78, 5) is 26.7. The molecule has 0 saturated carbocycles. The molecule has 24 heavy (non-hydrogen) atoms. The standard InChI is InChI=1S/C17H24N2O5/c1-18(2)7-8-24-16-12(5-4-6-14(16)23-3)10-19-11-13(17(21)22)9-15(19)20/h4-6,13H,7-11H2,1-3H3,(H,21,22). The van der Waals surface area contributed by atoms with Gasteiger partial charge < -0.3 is 24.4 Å². The third-order valence-corrected chi connectivity index (χ3v) is 3.99. The quantitative estimate of drug-likeness (QED) is 0.765. The monoisotopic (exact) mass is 336 g/mol. The molecule has 1 saturated heterocycles. The van der Waals surface area contributed by atoms with E-state index in [0.717, 1.165) is 12.1 Å². The number of hydrogen-bond acceptors (Lipinski definition) is 5. The van der Waals surface area contributed by atoms with Crippen molar-refractivity contribution in [1.29, 1.82) is 0 Å². The molecule has 1 N–H and O–H groups in total. The Morgan fingerprint density at radius 1 is 1.42 bits per heavy atom. The predicted molar refractivity (Wildman–Crippen MR) is 88.2 cm³/mol. The lowest BCUT2D eigenvalue weighted by atomic mass is 10.1. The highest BCUT2D eigenvalue weighted by Crippen LogP contribution is 2.33. The molecule has 7 nitrogen and oxygen atoms in total. The summed E-state index contributed by atoms with van der Waals surface area (Å²) in [6.07, 6.45) is 0.0517. The molecule has 0 spiro atoms. The summed E-state index contributed by atoms with van der Waals surface area (Å²) in [5.74, 6) is -0.509. The average Bonchev–Trinajstić information content (AvgIpc) is 2.89. The third kappa shape index (κ3) is 4.38. The topological polar surface area (TPSA) is 79.3 Å². The first-order valence-electron chi connectivity index (χ1n) is 7.86. The highest BCUT2D eigenvalue weighted by atomic mass is 16.5. The van der Waals surface area contributed by atoms with Crippen molar-refractivity contribution in [3.05, 3.63) is 23.8 Å². The van der Waals surface area contributed by atoms with Gasteiger partial charge in [0.25, 0.3) is 0 Å². The van der Waals surface area contributed by atoms with E-state index in [-0.39, 0.29) is 18.9 Å². The van der Waals surface area contributed by atoms with Gasteiger partial charge >= 0.3 is 5.97 Å². The summed E-state index contributed by atoms with van der Waals surface area (Å²) in [5, 5.41) is 9.09. The van der Waals surface area contributed by atoms with Gasteiger partial charge in [0.1, 0.15) is 6.61 Å². The molecule has 1 atom stereocenters. The second kappa shape index (κ2) is 8.01. The second-order valence-electron chi connectivity index (χ2n) is 6.11. The minimum atomic E-state index is -0.932. The molecule has 2 rings (SSSR count). The van der Waals surface area contributed by atoms with E-state index in [1.54, 1.807) is 18.1 Å². The molecule has 1 unspecified atom stereocenters. The molecule has 1 fully saturated rings. The fourth-order valence-corrected chi connectivity index (χ4v) is 2.64. The van der Waals surface area contributed by atoms with Gasteiger partial charge in [-0.3, -0.25) is 9.59 Å². The first-order chi connectivity index (χ1) is 11.4. The normalized spacial score (nSPS) is 17.4. The fourth-order valence-electron chi connectivity index (χ4n) is 2.64. The lowest BCUT2D eigenvalue weighted by Crippen LogP contribution is -2.26. The number of benzene rings is 1. The van der Waals surface area contributed by atoms with Crippen LogP contribution in [-0.2, 0) is 16.1 Å². The zero-order valence-corrected chi connectivity index (χ0v) is 14.3. The van der Waals surface area contributed by atoms with Gasteiger partial charge in [-0.2, -0.15) is 0 Å². The van der Waals surface area contributed by atoms with Crippen LogP contribution in [0.1, 0.15) is 12.0 Å². The Kier molecular flexibility index (Phi) is 6.03. The molecule has 1 heterocycles. The van der Waals surface area contributed by atoms with Crippen molar-refractivity contribution in [3.8, 4) is 11.5 Å². The Bertz CT molecular complexity index is 603. The average molecular weight is 336 g/mol. The molecule has 0 bridgehead atoms. The van der Waals surface area contributed by atoms with Gasteiger partial charge in [-0.25, -0.2) is 0 Å². The number of carboxylic acid groups (broad SMARTS) is 1. The predicted octanol–water partition coefficient (Wildman–Crippen LogP) is 1.07. The van der Waals surface area contributed by atoms with Gasteiger partial charge in [0.2, 0.25) is 5.91 Å². The maximum Gasteiger partial charge on any atom is 0.308 e. The summed E-state index contributed by atoms with van der Waals surface area (Å²) in [7, 11) is 5.49. The lowest BCUT2D eigenvalue weighted by molar-refractivity contribution is -0.141. The van der Waals surface area contributed by atoms with Crippen LogP contribution >= 0.6 is 0 Å². The van der Waals surface area contributed by atoms with Crippen LogP contribution in [0, 0.1) is 5.92 Å². The Hall–Kier alpha value is -2.28. The molecule has 132 valence electrons. The number of carbonyl (C=O) groups is 2. The molecule has 1 aromatic carbocycles. The largest absolute Gasteiger partial charge is 0.493 e. The van der Waals surface area contributed by atoms with E-state index in [1.807, 2.05) is 31.1 Å². The number of likely N-dealkylation sites (N-methyl/N-ethyl adjacent to an activating group) is 1. The summed E-state index contributed by atoms with van der Waals surface area (Å²) in [6.45, 7) is 1.78. The van der Waals surface area contributed by atoms with Crippen molar-refractivity contribution >= 4 is 11.9 Å². The molecule has 7 heteroatoms. The number of carbonyl (C=O) groups excluding carboxylic acids is 1. The van der Waals surface area contributed by atoms with Crippen molar-refractivity contribution in [2.45, 2.75) is 13.0 Å². The summed E-state index contributed by atoms with van der Waals surface area (Å²) < 4.78 is 11.2. The Balaban J connectivity index is 2.14. The van der Waals surface area contributed by atoms with E-state index >= 15 is 0 Å². The molecular weight excluding hydrogens is 312 g/mol. The Labute approximate surface area is 141 Å². The van der Waals surface area contributed by atoms with E-state index in [4.69, 9.17) is 14.6 Å². The minimum absolute atomic E-state index is 0.0517. The number of amides is 1. The van der Waals surface area contributed by atoms with Gasteiger partial charge in [0.05, 0.1) is 13.0 Å². The van der Waals surface area contributed by atoms with Crippen molar-refractivity contribution in [3.63, 3.8) is 0 Å². The van der Waals surface area contributed by atoms with Gasteiger partial charge in [-0.1, -0.05) is 12.1 Å². The number of rotatable bonds is 8. The highest BCUT2D eigenvalue weighted by Gasteiger charge is 2.34. The minimum Gasteiger partial charge on any atom is -0.493 e. The van der Waals surface area contributed by atoms with Gasteiger partial charge in [-0.15, -0.1) is 0 Å². The van der Waals surface area contributed by atoms with E-state index in [9.17, 15) is 9.59 Å². The molecular formula is C17H24N2O5. The molecule has 1 aliphatic heterocycles. The van der Waals surface area contributed by atoms with Crippen LogP contribution < -0.4 is 9.47 Å². The zero-order valence-electron chi connectivity index (χ0n) is 14.3. The molecule has 0 aromatic heterocycles. The summed E-state index contributed by atoms with van der Waals surface area (Å²) in [5.41, 5.74) is 0.812. The Morgan fingerprint density at radius 3 is 2.75 bits per heavy atom. The van der Waals surface area contributed by atoms with E-state index in [0.29, 0.717) is 24.7 Å². The van der Waals surface area contributed by atoms with Crippen LogP contribution in [0.4, 0.5) is 0 Å². The SMILES string of the molecule is COc1cccc(CN2CC(C(=O)O)CC2=O)c1OCCN(C)C. The smallest absolute Gasteiger partial charge is 0.308 e. The molecule has 0 radical (unpaired) electrons. The number of methoxy groups -OCH3 is 1. The van der Waals surface area contributed by atoms with Crippen LogP contribution in [0.3, 0.4) is 0 Å². The maximum atomic E-state index is 12.0. The zero-order chi connectivity index (χ0) is 17.7. The summed E-state index contributed by atoms with van der Waals surface area (Å²) in [6, 6.07) is 5.51. The molecule has 1 aromatic rings. The summed E-state index contributed by atoms with van der Waals surface area (Å²) >= 11 is 0. The fraction of sp³-hybridized carbons (Fsp3) is 0.529. The van der Waals surface area contributed by atoms with Crippen LogP contribution in [0.15, 0.2) is 18.2 Å². The van der Waals surface area contributed by atoms with Crippen LogP contribution in [0.2, 0.25) is 0 Å². The highest BCUT2D eigenvalue weighted by molar-refractivity contribution is 5.86. The van der Waals surface area contributed by atoms with Crippen molar-refractivity contribution in [2.75, 3.05) is 40.9 Å². The maximum absolute atomic E-state index is 12.0. The van der Waals surface area contributed by atoms with Gasteiger partial charge in [0, 0.05) is 31.6 Å². The van der Waals surface area contributed by atoms with Crippen molar-refractivity contribution in [1.82, 2.24) is 9.80 Å². The second-order valence-corrected chi connectivity index (χ2v) is 6.11. The molecule has 1 amide bonds. The number of ether oxygens (including phenoxy) is 2. The first kappa shape index (κ1) is 18.1. The molecule has 1 aliphatic rings. The van der Waals surface area contributed by atoms with Gasteiger partial charge in [0.15, 0.2) is 11.5 Å². The number of hydrogen-bond donors (Lipinski definition) is 1. The first-order valence-corrected chi connectivity index (χ1v) is 7.86. The van der Waals surface area contributed by atoms with E-state index in [1.165, 1.54) is 0 Å². The van der Waals surface area contributed by atoms with Crippen molar-refractivity contribution in [2.24, 2.45) is 5.92 Å². The van der Waals surface area contributed by atoms with Crippen molar-refractivity contribution < 1.29 is 24.2 Å². The van der Waals surface area contributed by atoms with E-state index in [2.05, 4.69) is 0 Å². The Morgan fingerprint density at radius 2 is 2.17 bits per heavy atom. The van der Waals surface area contributed by atoms with Gasteiger partial charge in [-0.05, 0) is 20.2 Å². The van der Waals surface area contributed by atoms with Crippen LogP contribution in [-0.4, -0.2) is 67.7 Å². The number of carboxylic acids is 1. The number of nitrogens with zero attached hydrogens (tertiary/aromatic N) is 2. The van der Waals surface area contributed by atoms with E-state index < -0.39 is 11.9 Å². The van der Waals surface area contributed by atoms with Crippen LogP contribution in [0.25, 0.3) is 0 Å². The molecule has 0 aliphatic carbocycles. The number of aliphatic carboxylic acids is 1.